The topological polar surface area (TPSA) is 24.4 Å². The molecular formula is C11H16N2. The number of anilines is 1. The van der Waals surface area contributed by atoms with Crippen LogP contribution in [-0.4, -0.2) is 5.71 Å². The molecule has 0 bridgehead atoms. The van der Waals surface area contributed by atoms with Gasteiger partial charge in [-0.15, -0.1) is 0 Å². The average Bonchev–Trinajstić information content (AvgIpc) is 2.15. The third kappa shape index (κ3) is 3.28. The van der Waals surface area contributed by atoms with Crippen LogP contribution in [0.1, 0.15) is 20.8 Å². The molecule has 1 rings (SSSR count). The highest BCUT2D eigenvalue weighted by Crippen LogP contribution is 2.05. The lowest BCUT2D eigenvalue weighted by atomic mass is 10.1. The molecule has 70 valence electrons. The number of benzene rings is 1. The molecule has 0 heterocycles. The lowest BCUT2D eigenvalue weighted by Crippen LogP contribution is -2.04. The predicted octanol–water partition coefficient (Wildman–Crippen LogP) is 3.13. The van der Waals surface area contributed by atoms with E-state index in [1.54, 1.807) is 0 Å². The number of hydrazone groups is 1. The molecule has 0 aromatic heterocycles. The molecule has 0 saturated heterocycles. The standard InChI is InChI=1S/C11H16N2/c1-9(2)10(3)12-13-11-7-5-4-6-8-11/h4-9,13H,1-3H3/b12-10-. The molecule has 1 aromatic rings. The second-order valence-corrected chi connectivity index (χ2v) is 3.39. The quantitative estimate of drug-likeness (QED) is 0.555. The van der Waals surface area contributed by atoms with Crippen LogP contribution < -0.4 is 5.43 Å². The number of nitrogens with zero attached hydrogens (tertiary/aromatic N) is 1. The number of para-hydroxylation sites is 1. The smallest absolute Gasteiger partial charge is 0.0561 e. The monoisotopic (exact) mass is 176 g/mol. The Bertz CT molecular complexity index is 275. The summed E-state index contributed by atoms with van der Waals surface area (Å²) < 4.78 is 0. The molecule has 0 unspecified atom stereocenters. The van der Waals surface area contributed by atoms with E-state index in [2.05, 4.69) is 24.4 Å². The lowest BCUT2D eigenvalue weighted by Gasteiger charge is -2.05. The molecule has 0 aliphatic carbocycles. The van der Waals surface area contributed by atoms with E-state index < -0.39 is 0 Å². The molecule has 0 radical (unpaired) electrons. The fourth-order valence-corrected chi connectivity index (χ4v) is 0.795. The maximum Gasteiger partial charge on any atom is 0.0561 e. The highest BCUT2D eigenvalue weighted by Gasteiger charge is 1.96. The van der Waals surface area contributed by atoms with Gasteiger partial charge in [0.2, 0.25) is 0 Å². The maximum absolute atomic E-state index is 4.26. The van der Waals surface area contributed by atoms with Crippen LogP contribution in [0.5, 0.6) is 0 Å². The summed E-state index contributed by atoms with van der Waals surface area (Å²) in [5, 5.41) is 4.26. The second-order valence-electron chi connectivity index (χ2n) is 3.39. The Kier molecular flexibility index (Phi) is 3.50. The minimum Gasteiger partial charge on any atom is -0.279 e. The zero-order valence-corrected chi connectivity index (χ0v) is 8.41. The van der Waals surface area contributed by atoms with Gasteiger partial charge < -0.3 is 0 Å². The van der Waals surface area contributed by atoms with Gasteiger partial charge in [-0.05, 0) is 25.0 Å². The first-order chi connectivity index (χ1) is 6.20. The Hall–Kier alpha value is -1.31. The summed E-state index contributed by atoms with van der Waals surface area (Å²) in [6, 6.07) is 9.96. The zero-order chi connectivity index (χ0) is 9.68. The molecule has 0 fully saturated rings. The predicted molar refractivity (Wildman–Crippen MR) is 58.0 cm³/mol. The molecule has 0 amide bonds. The van der Waals surface area contributed by atoms with Gasteiger partial charge in [-0.25, -0.2) is 0 Å². The van der Waals surface area contributed by atoms with Crippen molar-refractivity contribution in [3.63, 3.8) is 0 Å². The van der Waals surface area contributed by atoms with Crippen LogP contribution in [0.25, 0.3) is 0 Å². The molecule has 0 saturated carbocycles. The van der Waals surface area contributed by atoms with Crippen molar-refractivity contribution in [1.29, 1.82) is 0 Å². The van der Waals surface area contributed by atoms with Crippen molar-refractivity contribution in [2.45, 2.75) is 20.8 Å². The molecule has 1 aromatic carbocycles. The van der Waals surface area contributed by atoms with Gasteiger partial charge in [0.05, 0.1) is 5.69 Å². The van der Waals surface area contributed by atoms with Gasteiger partial charge in [-0.1, -0.05) is 32.0 Å². The van der Waals surface area contributed by atoms with Crippen LogP contribution in [0, 0.1) is 5.92 Å². The average molecular weight is 176 g/mol. The van der Waals surface area contributed by atoms with Crippen molar-refractivity contribution in [2.75, 3.05) is 5.43 Å². The first-order valence-corrected chi connectivity index (χ1v) is 4.55. The molecule has 0 spiro atoms. The van der Waals surface area contributed by atoms with Crippen molar-refractivity contribution >= 4 is 11.4 Å². The third-order valence-electron chi connectivity index (χ3n) is 1.97. The van der Waals surface area contributed by atoms with Gasteiger partial charge in [-0.3, -0.25) is 5.43 Å². The molecule has 2 nitrogen and oxygen atoms in total. The molecule has 0 aliphatic rings. The summed E-state index contributed by atoms with van der Waals surface area (Å²) >= 11 is 0. The van der Waals surface area contributed by atoms with E-state index in [1.165, 1.54) is 0 Å². The van der Waals surface area contributed by atoms with Gasteiger partial charge in [0.25, 0.3) is 0 Å². The normalized spacial score (nSPS) is 11.8. The first kappa shape index (κ1) is 9.78. The SMILES string of the molecule is C/C(=N/Nc1ccccc1)C(C)C. The second kappa shape index (κ2) is 4.65. The van der Waals surface area contributed by atoms with Crippen LogP contribution in [0.15, 0.2) is 35.4 Å². The first-order valence-electron chi connectivity index (χ1n) is 4.55. The maximum atomic E-state index is 4.26. The van der Waals surface area contributed by atoms with Gasteiger partial charge in [-0.2, -0.15) is 5.10 Å². The highest BCUT2D eigenvalue weighted by molar-refractivity contribution is 5.84. The largest absolute Gasteiger partial charge is 0.279 e. The van der Waals surface area contributed by atoms with Crippen LogP contribution in [0.3, 0.4) is 0 Å². The number of hydrogen-bond acceptors (Lipinski definition) is 2. The van der Waals surface area contributed by atoms with Crippen molar-refractivity contribution < 1.29 is 0 Å². The summed E-state index contributed by atoms with van der Waals surface area (Å²) in [7, 11) is 0. The Labute approximate surface area is 79.7 Å². The number of rotatable bonds is 3. The van der Waals surface area contributed by atoms with E-state index in [4.69, 9.17) is 0 Å². The Morgan fingerprint density at radius 2 is 1.85 bits per heavy atom. The van der Waals surface area contributed by atoms with Gasteiger partial charge in [0.1, 0.15) is 0 Å². The van der Waals surface area contributed by atoms with E-state index in [1.807, 2.05) is 37.3 Å². The van der Waals surface area contributed by atoms with Crippen molar-refractivity contribution in [1.82, 2.24) is 0 Å². The Balaban J connectivity index is 2.57. The number of nitrogens with one attached hydrogen (secondary N) is 1. The molecule has 0 aliphatic heterocycles. The Morgan fingerprint density at radius 1 is 1.23 bits per heavy atom. The van der Waals surface area contributed by atoms with Crippen molar-refractivity contribution in [2.24, 2.45) is 11.0 Å². The summed E-state index contributed by atoms with van der Waals surface area (Å²) in [5.74, 6) is 0.496. The molecule has 13 heavy (non-hydrogen) atoms. The van der Waals surface area contributed by atoms with E-state index in [0.717, 1.165) is 11.4 Å². The van der Waals surface area contributed by atoms with Gasteiger partial charge in [0.15, 0.2) is 0 Å². The highest BCUT2D eigenvalue weighted by atomic mass is 15.3. The van der Waals surface area contributed by atoms with Gasteiger partial charge in [0, 0.05) is 5.71 Å². The van der Waals surface area contributed by atoms with E-state index in [0.29, 0.717) is 5.92 Å². The molecule has 2 heteroatoms. The summed E-state index contributed by atoms with van der Waals surface area (Å²) in [4.78, 5) is 0. The summed E-state index contributed by atoms with van der Waals surface area (Å²) in [5.41, 5.74) is 5.16. The fourth-order valence-electron chi connectivity index (χ4n) is 0.795. The minimum absolute atomic E-state index is 0.496. The Morgan fingerprint density at radius 3 is 2.38 bits per heavy atom. The van der Waals surface area contributed by atoms with Crippen molar-refractivity contribution in [3.05, 3.63) is 30.3 Å². The fraction of sp³-hybridized carbons (Fsp3) is 0.364. The minimum atomic E-state index is 0.496. The van der Waals surface area contributed by atoms with Crippen molar-refractivity contribution in [3.8, 4) is 0 Å². The zero-order valence-electron chi connectivity index (χ0n) is 8.41. The molecule has 1 N–H and O–H groups in total. The van der Waals surface area contributed by atoms with Crippen LogP contribution in [0.4, 0.5) is 5.69 Å². The third-order valence-corrected chi connectivity index (χ3v) is 1.97. The van der Waals surface area contributed by atoms with E-state index in [9.17, 15) is 0 Å². The lowest BCUT2D eigenvalue weighted by molar-refractivity contribution is 0.874. The van der Waals surface area contributed by atoms with Crippen LogP contribution in [0.2, 0.25) is 0 Å². The van der Waals surface area contributed by atoms with Crippen LogP contribution >= 0.6 is 0 Å². The van der Waals surface area contributed by atoms with E-state index in [-0.39, 0.29) is 0 Å². The van der Waals surface area contributed by atoms with E-state index >= 15 is 0 Å². The van der Waals surface area contributed by atoms with Crippen LogP contribution in [-0.2, 0) is 0 Å². The number of hydrogen-bond donors (Lipinski definition) is 1. The summed E-state index contributed by atoms with van der Waals surface area (Å²) in [6.07, 6.45) is 0. The molecule has 0 atom stereocenters. The molecular weight excluding hydrogens is 160 g/mol. The summed E-state index contributed by atoms with van der Waals surface area (Å²) in [6.45, 7) is 6.29. The van der Waals surface area contributed by atoms with Gasteiger partial charge >= 0.3 is 0 Å².